The van der Waals surface area contributed by atoms with Gasteiger partial charge in [-0.1, -0.05) is 38.1 Å². The first-order valence-electron chi connectivity index (χ1n) is 19.0. The molecule has 4 aromatic heterocycles. The largest absolute Gasteiger partial charge is 0.465 e. The Labute approximate surface area is 323 Å². The number of H-pyrrole nitrogens is 2. The molecule has 2 aliphatic heterocycles. The summed E-state index contributed by atoms with van der Waals surface area (Å²) in [4.78, 5) is 80.2. The third-order valence-corrected chi connectivity index (χ3v) is 10.9. The van der Waals surface area contributed by atoms with Crippen LogP contribution in [-0.4, -0.2) is 113 Å². The van der Waals surface area contributed by atoms with E-state index < -0.39 is 24.3 Å². The second kappa shape index (κ2) is 16.2. The van der Waals surface area contributed by atoms with Crippen LogP contribution in [0.2, 0.25) is 0 Å². The highest BCUT2D eigenvalue weighted by Gasteiger charge is 2.38. The van der Waals surface area contributed by atoms with Crippen LogP contribution in [0.5, 0.6) is 0 Å². The summed E-state index contributed by atoms with van der Waals surface area (Å²) in [7, 11) is 2.71. The van der Waals surface area contributed by atoms with E-state index in [9.17, 15) is 24.3 Å². The number of ether oxygens (including phenoxy) is 1. The molecule has 4 N–H and O–H groups in total. The number of nitrogens with zero attached hydrogens (tertiary/aromatic N) is 7. The number of carboxylic acid groups (broad SMARTS) is 1. The summed E-state index contributed by atoms with van der Waals surface area (Å²) in [6.07, 6.45) is 9.33. The minimum Gasteiger partial charge on any atom is -0.465 e. The number of carbonyl (C=O) groups is 4. The lowest BCUT2D eigenvalue weighted by Crippen LogP contribution is -2.48. The number of fused-ring (bicyclic) bond motifs is 1. The molecule has 16 nitrogen and oxygen atoms in total. The molecule has 0 spiro atoms. The third kappa shape index (κ3) is 7.50. The predicted molar refractivity (Wildman–Crippen MR) is 207 cm³/mol. The zero-order chi connectivity index (χ0) is 39.5. The molecule has 1 aromatic carbocycles. The van der Waals surface area contributed by atoms with Crippen LogP contribution in [0.25, 0.3) is 44.7 Å². The van der Waals surface area contributed by atoms with Crippen LogP contribution in [0, 0.1) is 0 Å². The molecule has 1 unspecified atom stereocenters. The van der Waals surface area contributed by atoms with Crippen molar-refractivity contribution >= 4 is 35.0 Å². The number of carbonyl (C=O) groups excluding carboxylic acids is 3. The normalized spacial score (nSPS) is 17.9. The predicted octanol–water partition coefficient (Wildman–Crippen LogP) is 5.93. The maximum atomic E-state index is 13.4. The highest BCUT2D eigenvalue weighted by atomic mass is 16.5. The number of pyridine rings is 2. The van der Waals surface area contributed by atoms with Crippen molar-refractivity contribution in [2.45, 2.75) is 76.5 Å². The number of aromatic amines is 2. The molecule has 2 fully saturated rings. The molecule has 4 amide bonds. The number of likely N-dealkylation sites (tertiary alicyclic amines) is 2. The lowest BCUT2D eigenvalue weighted by atomic mass is 10.0. The number of hydrogen-bond acceptors (Lipinski definition) is 9. The van der Waals surface area contributed by atoms with Crippen molar-refractivity contribution in [2.75, 3.05) is 27.2 Å². The molecule has 16 heteroatoms. The van der Waals surface area contributed by atoms with E-state index in [-0.39, 0.29) is 23.9 Å². The van der Waals surface area contributed by atoms with Crippen LogP contribution in [0.15, 0.2) is 61.2 Å². The van der Waals surface area contributed by atoms with E-state index in [1.54, 1.807) is 28.4 Å². The van der Waals surface area contributed by atoms with Gasteiger partial charge in [0.15, 0.2) is 0 Å². The Morgan fingerprint density at radius 3 is 1.88 bits per heavy atom. The first-order chi connectivity index (χ1) is 27.1. The zero-order valence-electron chi connectivity index (χ0n) is 31.9. The number of nitrogens with one attached hydrogen (secondary N) is 3. The minimum atomic E-state index is -1.13. The average molecular weight is 763 g/mol. The van der Waals surface area contributed by atoms with Gasteiger partial charge in [-0.2, -0.15) is 0 Å². The monoisotopic (exact) mass is 762 g/mol. The van der Waals surface area contributed by atoms with Crippen LogP contribution in [-0.2, 0) is 14.3 Å². The van der Waals surface area contributed by atoms with Crippen LogP contribution in [0.1, 0.15) is 76.1 Å². The summed E-state index contributed by atoms with van der Waals surface area (Å²) in [5.41, 5.74) is 6.67. The Morgan fingerprint density at radius 2 is 1.32 bits per heavy atom. The van der Waals surface area contributed by atoms with Crippen LogP contribution in [0.3, 0.4) is 0 Å². The standard InChI is InChI=1S/C40H46N10O6/c1-5-27(47-39(53)56-4)37(51)49-15-7-9-33(49)35-44-22-31(46-35)26-18-29-28(42-20-26)17-25(19-41-29)23-11-13-24(14-12-23)30-21-43-36(45-30)34-10-8-16-50(34)38(52)32(6-2)48(3)40(54)55/h11-14,17-22,27,32-34H,5-10,15-16H2,1-4H3,(H,43,45)(H,44,46)(H,47,53)(H,54,55)/t27-,32-,33?,34-/m0/s1. The van der Waals surface area contributed by atoms with E-state index in [0.29, 0.717) is 37.6 Å². The molecule has 2 saturated heterocycles. The molecule has 2 aliphatic rings. The third-order valence-electron chi connectivity index (χ3n) is 10.9. The fraction of sp³-hybridized carbons (Fsp3) is 0.400. The number of hydrogen-bond donors (Lipinski definition) is 4. The number of methoxy groups -OCH3 is 1. The summed E-state index contributed by atoms with van der Waals surface area (Å²) in [6.45, 7) is 4.80. The molecule has 0 aliphatic carbocycles. The molecule has 6 heterocycles. The van der Waals surface area contributed by atoms with Crippen LogP contribution >= 0.6 is 0 Å². The van der Waals surface area contributed by atoms with E-state index in [1.165, 1.54) is 14.2 Å². The summed E-state index contributed by atoms with van der Waals surface area (Å²) in [5, 5.41) is 12.1. The van der Waals surface area contributed by atoms with Crippen LogP contribution < -0.4 is 5.32 Å². The van der Waals surface area contributed by atoms with Crippen molar-refractivity contribution in [3.05, 3.63) is 72.8 Å². The molecule has 5 aromatic rings. The van der Waals surface area contributed by atoms with Gasteiger partial charge in [-0.15, -0.1) is 0 Å². The molecule has 292 valence electrons. The summed E-state index contributed by atoms with van der Waals surface area (Å²) >= 11 is 0. The van der Waals surface area contributed by atoms with Crippen molar-refractivity contribution in [3.63, 3.8) is 0 Å². The number of benzene rings is 1. The molecule has 7 rings (SSSR count). The SMILES string of the molecule is CC[C@H](NC(=O)OC)C(=O)N1CCCC1c1ncc(-c2cnc3cc(-c4ccc(-c5cnc([C@@H]6CCCN6C(=O)[C@H](CC)N(C)C(=O)O)[nH]5)cc4)cnc3c2)[nH]1. The van der Waals surface area contributed by atoms with Gasteiger partial charge in [0, 0.05) is 43.7 Å². The maximum Gasteiger partial charge on any atom is 0.407 e. The van der Waals surface area contributed by atoms with Crippen molar-refractivity contribution in [3.8, 4) is 33.6 Å². The maximum absolute atomic E-state index is 13.4. The van der Waals surface area contributed by atoms with Crippen molar-refractivity contribution in [1.29, 1.82) is 0 Å². The quantitative estimate of drug-likeness (QED) is 0.125. The summed E-state index contributed by atoms with van der Waals surface area (Å²) < 4.78 is 4.70. The Bertz CT molecular complexity index is 2240. The fourth-order valence-electron chi connectivity index (χ4n) is 7.76. The van der Waals surface area contributed by atoms with Gasteiger partial charge in [0.2, 0.25) is 11.8 Å². The van der Waals surface area contributed by atoms with Crippen molar-refractivity contribution in [2.24, 2.45) is 0 Å². The Hall–Kier alpha value is -6.32. The second-order valence-corrected chi connectivity index (χ2v) is 14.2. The number of alkyl carbamates (subject to hydrolysis) is 1. The Morgan fingerprint density at radius 1 is 0.786 bits per heavy atom. The van der Waals surface area contributed by atoms with Crippen molar-refractivity contribution < 1.29 is 29.0 Å². The number of imidazole rings is 2. The Balaban J connectivity index is 1.03. The smallest absolute Gasteiger partial charge is 0.407 e. The highest BCUT2D eigenvalue weighted by Crippen LogP contribution is 2.35. The number of aromatic nitrogens is 6. The van der Waals surface area contributed by atoms with E-state index in [2.05, 4.69) is 25.3 Å². The van der Waals surface area contributed by atoms with Gasteiger partial charge in [-0.05, 0) is 61.8 Å². The lowest BCUT2D eigenvalue weighted by Gasteiger charge is -2.31. The molecule has 0 bridgehead atoms. The molecular weight excluding hydrogens is 717 g/mol. The molecule has 56 heavy (non-hydrogen) atoms. The van der Waals surface area contributed by atoms with Gasteiger partial charge >= 0.3 is 12.2 Å². The zero-order valence-corrected chi connectivity index (χ0v) is 31.9. The van der Waals surface area contributed by atoms with Gasteiger partial charge in [0.25, 0.3) is 0 Å². The topological polar surface area (TPSA) is 203 Å². The van der Waals surface area contributed by atoms with E-state index in [4.69, 9.17) is 14.7 Å². The van der Waals surface area contributed by atoms with Gasteiger partial charge in [0.1, 0.15) is 23.7 Å². The molecule has 0 radical (unpaired) electrons. The minimum absolute atomic E-state index is 0.160. The van der Waals surface area contributed by atoms with Crippen molar-refractivity contribution in [1.82, 2.24) is 49.9 Å². The molecule has 0 saturated carbocycles. The summed E-state index contributed by atoms with van der Waals surface area (Å²) in [5.74, 6) is 1.00. The number of amides is 4. The second-order valence-electron chi connectivity index (χ2n) is 14.2. The van der Waals surface area contributed by atoms with E-state index in [1.807, 2.05) is 56.4 Å². The Kier molecular flexibility index (Phi) is 11.0. The fourth-order valence-corrected chi connectivity index (χ4v) is 7.76. The van der Waals surface area contributed by atoms with Gasteiger partial charge in [-0.3, -0.25) is 24.5 Å². The number of likely N-dealkylation sites (N-methyl/N-ethyl adjacent to an activating group) is 1. The summed E-state index contributed by atoms with van der Waals surface area (Å²) in [6, 6.07) is 10.1. The van der Waals surface area contributed by atoms with E-state index in [0.717, 1.165) is 75.3 Å². The van der Waals surface area contributed by atoms with Crippen LogP contribution in [0.4, 0.5) is 9.59 Å². The first kappa shape index (κ1) is 38.0. The number of rotatable bonds is 11. The molecular formula is C40H46N10O6. The lowest BCUT2D eigenvalue weighted by molar-refractivity contribution is -0.137. The average Bonchev–Trinajstić information content (AvgIpc) is 4.06. The van der Waals surface area contributed by atoms with Gasteiger partial charge in [0.05, 0.1) is 54.0 Å². The van der Waals surface area contributed by atoms with Gasteiger partial charge in [-0.25, -0.2) is 19.6 Å². The van der Waals surface area contributed by atoms with E-state index >= 15 is 0 Å². The highest BCUT2D eigenvalue weighted by molar-refractivity contribution is 5.87. The molecule has 4 atom stereocenters. The van der Waals surface area contributed by atoms with Gasteiger partial charge < -0.3 is 34.9 Å². The first-order valence-corrected chi connectivity index (χ1v) is 19.0.